The molecule has 0 radical (unpaired) electrons. The van der Waals surface area contributed by atoms with Gasteiger partial charge in [-0.2, -0.15) is 0 Å². The Morgan fingerprint density at radius 1 is 0.915 bits per heavy atom. The number of benzene rings is 3. The largest absolute Gasteiger partial charge is 0.507 e. The number of phenolic OH excluding ortho intramolecular Hbond substituents is 1. The van der Waals surface area contributed by atoms with E-state index in [0.29, 0.717) is 11.5 Å². The van der Waals surface area contributed by atoms with Gasteiger partial charge in [0.2, 0.25) is 17.7 Å². The van der Waals surface area contributed by atoms with E-state index >= 15 is 0 Å². The van der Waals surface area contributed by atoms with Crippen LogP contribution in [0.5, 0.6) is 17.2 Å². The fourth-order valence-electron chi connectivity index (χ4n) is 5.83. The number of phenols is 1. The van der Waals surface area contributed by atoms with E-state index in [2.05, 4.69) is 38.3 Å². The Morgan fingerprint density at radius 2 is 1.60 bits per heavy atom. The zero-order valence-corrected chi connectivity index (χ0v) is 27.0. The third-order valence-corrected chi connectivity index (χ3v) is 8.62. The Bertz CT molecular complexity index is 1570. The molecule has 6 rings (SSSR count). The SMILES string of the molecule is CC(C)[C@@H]1NC(=O)c2cc(ccc2O)Oc2ccc(cc2)C[C@@H](C(=O)NC2CCN(Cc3ccccc3)CC2)NC(=O)[C@H](C)NC1=O. The molecule has 3 aliphatic heterocycles. The molecule has 3 atom stereocenters. The molecule has 47 heavy (non-hydrogen) atoms. The molecule has 4 bridgehead atoms. The number of ether oxygens (including phenoxy) is 1. The van der Waals surface area contributed by atoms with Gasteiger partial charge in [-0.25, -0.2) is 0 Å². The third-order valence-electron chi connectivity index (χ3n) is 8.62. The fourth-order valence-corrected chi connectivity index (χ4v) is 5.83. The number of likely N-dealkylation sites (tertiary alicyclic amines) is 1. The molecule has 11 heteroatoms. The van der Waals surface area contributed by atoms with Crippen LogP contribution >= 0.6 is 0 Å². The van der Waals surface area contributed by atoms with Gasteiger partial charge < -0.3 is 31.1 Å². The summed E-state index contributed by atoms with van der Waals surface area (Å²) in [6.07, 6.45) is 1.80. The molecular formula is C36H43N5O6. The minimum atomic E-state index is -1.00. The number of rotatable bonds is 5. The number of nitrogens with one attached hydrogen (secondary N) is 4. The highest BCUT2D eigenvalue weighted by Gasteiger charge is 2.31. The van der Waals surface area contributed by atoms with Gasteiger partial charge in [-0.05, 0) is 67.1 Å². The first-order valence-corrected chi connectivity index (χ1v) is 16.1. The van der Waals surface area contributed by atoms with Crippen LogP contribution in [0.15, 0.2) is 72.8 Å². The Kier molecular flexibility index (Phi) is 10.8. The van der Waals surface area contributed by atoms with E-state index in [1.165, 1.54) is 30.7 Å². The number of piperidine rings is 1. The van der Waals surface area contributed by atoms with Crippen LogP contribution in [-0.2, 0) is 27.3 Å². The highest BCUT2D eigenvalue weighted by molar-refractivity contribution is 6.00. The van der Waals surface area contributed by atoms with E-state index < -0.39 is 35.8 Å². The lowest BCUT2D eigenvalue weighted by atomic mass is 10.0. The number of amides is 4. The summed E-state index contributed by atoms with van der Waals surface area (Å²) in [6.45, 7) is 7.60. The molecule has 0 spiro atoms. The molecule has 0 aromatic heterocycles. The normalized spacial score (nSPS) is 21.5. The Labute approximate surface area is 275 Å². The lowest BCUT2D eigenvalue weighted by Gasteiger charge is -2.33. The molecule has 3 aromatic rings. The summed E-state index contributed by atoms with van der Waals surface area (Å²) < 4.78 is 5.94. The van der Waals surface area contributed by atoms with Crippen molar-refractivity contribution in [3.63, 3.8) is 0 Å². The second-order valence-corrected chi connectivity index (χ2v) is 12.7. The fraction of sp³-hybridized carbons (Fsp3) is 0.389. The summed E-state index contributed by atoms with van der Waals surface area (Å²) in [5.74, 6) is -1.87. The molecule has 0 aliphatic carbocycles. The van der Waals surface area contributed by atoms with Crippen molar-refractivity contribution >= 4 is 23.6 Å². The van der Waals surface area contributed by atoms with Gasteiger partial charge in [-0.1, -0.05) is 56.3 Å². The van der Waals surface area contributed by atoms with Gasteiger partial charge in [-0.15, -0.1) is 0 Å². The number of hydrogen-bond acceptors (Lipinski definition) is 7. The summed E-state index contributed by atoms with van der Waals surface area (Å²) in [5, 5.41) is 21.7. The molecule has 1 saturated heterocycles. The van der Waals surface area contributed by atoms with Crippen LogP contribution in [0.2, 0.25) is 0 Å². The van der Waals surface area contributed by atoms with Gasteiger partial charge in [0.25, 0.3) is 5.91 Å². The second-order valence-electron chi connectivity index (χ2n) is 12.7. The van der Waals surface area contributed by atoms with E-state index in [1.807, 2.05) is 18.2 Å². The average Bonchev–Trinajstić information content (AvgIpc) is 3.05. The number of aromatic hydroxyl groups is 1. The van der Waals surface area contributed by atoms with E-state index in [9.17, 15) is 24.3 Å². The van der Waals surface area contributed by atoms with Gasteiger partial charge in [0.05, 0.1) is 5.56 Å². The van der Waals surface area contributed by atoms with Crippen LogP contribution in [0.3, 0.4) is 0 Å². The summed E-state index contributed by atoms with van der Waals surface area (Å²) in [4.78, 5) is 55.9. The van der Waals surface area contributed by atoms with Crippen LogP contribution in [0.4, 0.5) is 0 Å². The molecule has 0 unspecified atom stereocenters. The molecule has 1 fully saturated rings. The maximum absolute atomic E-state index is 13.7. The van der Waals surface area contributed by atoms with Crippen molar-refractivity contribution < 1.29 is 29.0 Å². The van der Waals surface area contributed by atoms with Crippen molar-refractivity contribution in [2.45, 2.75) is 70.7 Å². The summed E-state index contributed by atoms with van der Waals surface area (Å²) in [7, 11) is 0. The topological polar surface area (TPSA) is 149 Å². The van der Waals surface area contributed by atoms with Crippen LogP contribution in [0.25, 0.3) is 0 Å². The van der Waals surface area contributed by atoms with E-state index in [4.69, 9.17) is 4.74 Å². The predicted molar refractivity (Wildman–Crippen MR) is 177 cm³/mol. The molecule has 11 nitrogen and oxygen atoms in total. The predicted octanol–water partition coefficient (Wildman–Crippen LogP) is 3.27. The summed E-state index contributed by atoms with van der Waals surface area (Å²) >= 11 is 0. The molecule has 4 amide bonds. The smallest absolute Gasteiger partial charge is 0.255 e. The van der Waals surface area contributed by atoms with Crippen LogP contribution in [-0.4, -0.2) is 70.9 Å². The van der Waals surface area contributed by atoms with Crippen LogP contribution in [0, 0.1) is 5.92 Å². The minimum Gasteiger partial charge on any atom is -0.507 e. The van der Waals surface area contributed by atoms with Crippen molar-refractivity contribution in [1.29, 1.82) is 0 Å². The highest BCUT2D eigenvalue weighted by atomic mass is 16.5. The van der Waals surface area contributed by atoms with Crippen LogP contribution < -0.4 is 26.0 Å². The standard InChI is InChI=1S/C36H43N5O6/c1-22(2)32-36(46)37-23(3)33(43)39-30(35(45)38-26-15-17-41(18-16-26)21-25-7-5-4-6-8-25)19-24-9-11-27(12-10-24)47-28-13-14-31(42)29(20-28)34(44)40-32/h4-14,20,22-23,26,30,32,42H,15-19,21H2,1-3H3,(H,37,46)(H,38,45)(H,39,43)(H,40,44)/t23-,30-,32-/m0/s1. The van der Waals surface area contributed by atoms with Gasteiger partial charge in [0.1, 0.15) is 35.4 Å². The molecule has 3 aliphatic rings. The Hall–Kier alpha value is -4.90. The maximum atomic E-state index is 13.7. The van der Waals surface area contributed by atoms with Crippen molar-refractivity contribution in [3.8, 4) is 17.2 Å². The van der Waals surface area contributed by atoms with E-state index in [0.717, 1.165) is 38.0 Å². The number of nitrogens with zero attached hydrogens (tertiary/aromatic N) is 1. The lowest BCUT2D eigenvalue weighted by molar-refractivity contribution is -0.132. The molecule has 3 aromatic carbocycles. The maximum Gasteiger partial charge on any atom is 0.255 e. The first-order valence-electron chi connectivity index (χ1n) is 16.1. The first kappa shape index (κ1) is 33.5. The lowest BCUT2D eigenvalue weighted by Crippen LogP contribution is -2.58. The van der Waals surface area contributed by atoms with Crippen molar-refractivity contribution in [2.75, 3.05) is 13.1 Å². The number of fused-ring (bicyclic) bond motifs is 11. The number of hydrogen-bond donors (Lipinski definition) is 5. The molecular weight excluding hydrogens is 598 g/mol. The van der Waals surface area contributed by atoms with Crippen molar-refractivity contribution in [3.05, 3.63) is 89.5 Å². The molecule has 5 N–H and O–H groups in total. The second kappa shape index (κ2) is 15.1. The number of carbonyl (C=O) groups excluding carboxylic acids is 4. The average molecular weight is 642 g/mol. The van der Waals surface area contributed by atoms with E-state index in [-0.39, 0.29) is 35.6 Å². The summed E-state index contributed by atoms with van der Waals surface area (Å²) in [6, 6.07) is 18.7. The van der Waals surface area contributed by atoms with Crippen molar-refractivity contribution in [1.82, 2.24) is 26.2 Å². The minimum absolute atomic E-state index is 0.0296. The first-order chi connectivity index (χ1) is 22.5. The number of carbonyl (C=O) groups is 4. The van der Waals surface area contributed by atoms with Gasteiger partial charge in [-0.3, -0.25) is 24.1 Å². The molecule has 3 heterocycles. The highest BCUT2D eigenvalue weighted by Crippen LogP contribution is 2.28. The van der Waals surface area contributed by atoms with Gasteiger partial charge in [0.15, 0.2) is 0 Å². The van der Waals surface area contributed by atoms with Crippen LogP contribution in [0.1, 0.15) is 55.1 Å². The zero-order valence-electron chi connectivity index (χ0n) is 27.0. The monoisotopic (exact) mass is 641 g/mol. The zero-order chi connectivity index (χ0) is 33.5. The van der Waals surface area contributed by atoms with E-state index in [1.54, 1.807) is 38.1 Å². The Balaban J connectivity index is 1.33. The Morgan fingerprint density at radius 3 is 2.28 bits per heavy atom. The van der Waals surface area contributed by atoms with Gasteiger partial charge in [0, 0.05) is 32.1 Å². The molecule has 248 valence electrons. The quantitative estimate of drug-likeness (QED) is 0.269. The van der Waals surface area contributed by atoms with Crippen molar-refractivity contribution in [2.24, 2.45) is 5.92 Å². The third kappa shape index (κ3) is 8.88. The summed E-state index contributed by atoms with van der Waals surface area (Å²) in [5.41, 5.74) is 1.99. The van der Waals surface area contributed by atoms with Gasteiger partial charge >= 0.3 is 0 Å². The molecule has 0 saturated carbocycles.